The first kappa shape index (κ1) is 24.5. The predicted molar refractivity (Wildman–Crippen MR) is 138 cm³/mol. The van der Waals surface area contributed by atoms with E-state index < -0.39 is 17.2 Å². The number of rotatable bonds is 7. The van der Waals surface area contributed by atoms with Crippen LogP contribution in [-0.2, 0) is 17.0 Å². The maximum Gasteiger partial charge on any atom is 0.413 e. The molecule has 37 heavy (non-hydrogen) atoms. The Bertz CT molecular complexity index is 1470. The van der Waals surface area contributed by atoms with Crippen LogP contribution in [0, 0.1) is 5.41 Å². The highest BCUT2D eigenvalue weighted by Crippen LogP contribution is 2.43. The van der Waals surface area contributed by atoms with Gasteiger partial charge in [-0.05, 0) is 23.8 Å². The number of fused-ring (bicyclic) bond motifs is 2. The van der Waals surface area contributed by atoms with E-state index in [4.69, 9.17) is 4.74 Å². The van der Waals surface area contributed by atoms with Gasteiger partial charge in [0, 0.05) is 28.7 Å². The van der Waals surface area contributed by atoms with Crippen molar-refractivity contribution in [2.24, 2.45) is 5.41 Å². The largest absolute Gasteiger partial charge is 0.449 e. The number of carbonyl (C=O) groups excluding carboxylic acids is 2. The Hall–Kier alpha value is -4.21. The number of hydrogen-bond acceptors (Lipinski definition) is 6. The molecular weight excluding hydrogens is 472 g/mol. The van der Waals surface area contributed by atoms with Crippen molar-refractivity contribution in [3.05, 3.63) is 95.1 Å². The molecule has 0 fully saturated rings. The second-order valence-corrected chi connectivity index (χ2v) is 9.94. The van der Waals surface area contributed by atoms with Gasteiger partial charge in [0.05, 0.1) is 17.6 Å². The highest BCUT2D eigenvalue weighted by molar-refractivity contribution is 6.00. The Morgan fingerprint density at radius 1 is 1.11 bits per heavy atom. The van der Waals surface area contributed by atoms with Gasteiger partial charge < -0.3 is 19.9 Å². The maximum absolute atomic E-state index is 13.4. The smallest absolute Gasteiger partial charge is 0.413 e. The average molecular weight is 501 g/mol. The van der Waals surface area contributed by atoms with Crippen molar-refractivity contribution in [2.75, 3.05) is 18.5 Å². The Morgan fingerprint density at radius 3 is 2.59 bits per heavy atom. The van der Waals surface area contributed by atoms with Crippen molar-refractivity contribution in [1.82, 2.24) is 14.9 Å². The number of imidazole rings is 1. The number of benzene rings is 3. The number of aromatic nitrogens is 2. The van der Waals surface area contributed by atoms with E-state index in [2.05, 4.69) is 15.3 Å². The molecule has 0 saturated heterocycles. The fraction of sp³-hybridized carbons (Fsp3) is 0.250. The predicted octanol–water partition coefficient (Wildman–Crippen LogP) is 3.98. The SMILES string of the molecule is CC(C)(CO)COC(=O)Nc1nc2ccc(C3(O)c4ccccc4C(=O)N3Cc3ccccc3)cc2[nH]1. The molecule has 1 atom stereocenters. The summed E-state index contributed by atoms with van der Waals surface area (Å²) in [4.78, 5) is 34.5. The van der Waals surface area contributed by atoms with Crippen molar-refractivity contribution in [2.45, 2.75) is 26.1 Å². The van der Waals surface area contributed by atoms with Crippen LogP contribution in [0.2, 0.25) is 0 Å². The molecular formula is C28H28N4O5. The zero-order valence-electron chi connectivity index (χ0n) is 20.6. The van der Waals surface area contributed by atoms with Gasteiger partial charge in [0.15, 0.2) is 5.72 Å². The number of carbonyl (C=O) groups is 2. The lowest BCUT2D eigenvalue weighted by atomic mass is 9.93. The number of anilines is 1. The molecule has 9 heteroatoms. The van der Waals surface area contributed by atoms with Gasteiger partial charge in [-0.3, -0.25) is 15.0 Å². The molecule has 1 aliphatic heterocycles. The van der Waals surface area contributed by atoms with Gasteiger partial charge in [0.1, 0.15) is 6.61 Å². The first-order chi connectivity index (χ1) is 17.7. The third-order valence-electron chi connectivity index (χ3n) is 6.48. The van der Waals surface area contributed by atoms with Gasteiger partial charge in [0.2, 0.25) is 5.95 Å². The third-order valence-corrected chi connectivity index (χ3v) is 6.48. The van der Waals surface area contributed by atoms with Gasteiger partial charge in [0.25, 0.3) is 5.91 Å². The van der Waals surface area contributed by atoms with Crippen molar-refractivity contribution in [1.29, 1.82) is 0 Å². The number of amides is 2. The van der Waals surface area contributed by atoms with Crippen molar-refractivity contribution < 1.29 is 24.5 Å². The third kappa shape index (κ3) is 4.54. The molecule has 0 spiro atoms. The Kier molecular flexibility index (Phi) is 6.18. The van der Waals surface area contributed by atoms with Gasteiger partial charge in [-0.25, -0.2) is 9.78 Å². The van der Waals surface area contributed by atoms with E-state index in [0.29, 0.717) is 27.7 Å². The second-order valence-electron chi connectivity index (χ2n) is 9.94. The Balaban J connectivity index is 1.47. The van der Waals surface area contributed by atoms with Crippen LogP contribution in [0.25, 0.3) is 11.0 Å². The number of nitrogens with zero attached hydrogens (tertiary/aromatic N) is 2. The summed E-state index contributed by atoms with van der Waals surface area (Å²) in [5.74, 6) is -0.0856. The Morgan fingerprint density at radius 2 is 1.84 bits per heavy atom. The standard InChI is InChI=1S/C28H28N4O5/c1-27(2,16-33)17-37-26(35)31-25-29-22-13-12-19(14-23(22)30-25)28(36)21-11-7-6-10-20(21)24(34)32(28)15-18-8-4-3-5-9-18/h3-14,33,36H,15-17H2,1-2H3,(H2,29,30,31,35). The molecule has 0 bridgehead atoms. The van der Waals surface area contributed by atoms with Crippen LogP contribution in [0.5, 0.6) is 0 Å². The van der Waals surface area contributed by atoms with Crippen LogP contribution in [0.1, 0.15) is 40.9 Å². The monoisotopic (exact) mass is 500 g/mol. The van der Waals surface area contributed by atoms with Crippen LogP contribution >= 0.6 is 0 Å². The summed E-state index contributed by atoms with van der Waals surface area (Å²) in [6.45, 7) is 3.69. The summed E-state index contributed by atoms with van der Waals surface area (Å²) in [6.07, 6.45) is -0.705. The number of hydrogen-bond donors (Lipinski definition) is 4. The number of aliphatic hydroxyl groups excluding tert-OH is 1. The second kappa shape index (κ2) is 9.34. The minimum atomic E-state index is -1.70. The van der Waals surface area contributed by atoms with E-state index in [1.54, 1.807) is 56.3 Å². The first-order valence-corrected chi connectivity index (χ1v) is 11.9. The lowest BCUT2D eigenvalue weighted by Gasteiger charge is -2.35. The van der Waals surface area contributed by atoms with Crippen molar-refractivity contribution in [3.63, 3.8) is 0 Å². The van der Waals surface area contributed by atoms with E-state index in [-0.39, 0.29) is 31.6 Å². The molecule has 2 heterocycles. The zero-order chi connectivity index (χ0) is 26.2. The molecule has 0 saturated carbocycles. The van der Waals surface area contributed by atoms with E-state index in [1.807, 2.05) is 30.3 Å². The molecule has 4 aromatic rings. The van der Waals surface area contributed by atoms with Crippen LogP contribution < -0.4 is 5.32 Å². The highest BCUT2D eigenvalue weighted by Gasteiger charge is 2.49. The summed E-state index contributed by atoms with van der Waals surface area (Å²) in [5, 5.41) is 24.0. The van der Waals surface area contributed by atoms with Crippen LogP contribution in [0.3, 0.4) is 0 Å². The van der Waals surface area contributed by atoms with Crippen LogP contribution in [0.4, 0.5) is 10.7 Å². The molecule has 4 N–H and O–H groups in total. The van der Waals surface area contributed by atoms with Crippen LogP contribution in [0.15, 0.2) is 72.8 Å². The summed E-state index contributed by atoms with van der Waals surface area (Å²) in [6, 6.07) is 21.7. The number of aromatic amines is 1. The molecule has 190 valence electrons. The minimum absolute atomic E-state index is 0.0391. The molecule has 1 aliphatic rings. The van der Waals surface area contributed by atoms with Gasteiger partial charge in [-0.2, -0.15) is 0 Å². The Labute approximate surface area is 213 Å². The summed E-state index contributed by atoms with van der Waals surface area (Å²) < 4.78 is 5.19. The summed E-state index contributed by atoms with van der Waals surface area (Å²) >= 11 is 0. The van der Waals surface area contributed by atoms with E-state index >= 15 is 0 Å². The number of nitrogens with one attached hydrogen (secondary N) is 2. The molecule has 9 nitrogen and oxygen atoms in total. The van der Waals surface area contributed by atoms with Gasteiger partial charge in [-0.15, -0.1) is 0 Å². The average Bonchev–Trinajstić information content (AvgIpc) is 3.40. The molecule has 3 aromatic carbocycles. The van der Waals surface area contributed by atoms with Crippen molar-refractivity contribution >= 4 is 29.0 Å². The van der Waals surface area contributed by atoms with E-state index in [9.17, 15) is 19.8 Å². The molecule has 0 aliphatic carbocycles. The number of ether oxygens (including phenoxy) is 1. The fourth-order valence-electron chi connectivity index (χ4n) is 4.40. The lowest BCUT2D eigenvalue weighted by Crippen LogP contribution is -2.44. The lowest BCUT2D eigenvalue weighted by molar-refractivity contribution is -0.0542. The molecule has 0 radical (unpaired) electrons. The van der Waals surface area contributed by atoms with Crippen molar-refractivity contribution in [3.8, 4) is 0 Å². The normalized spacial score (nSPS) is 17.2. The zero-order valence-corrected chi connectivity index (χ0v) is 20.6. The number of H-pyrrole nitrogens is 1. The fourth-order valence-corrected chi connectivity index (χ4v) is 4.40. The minimum Gasteiger partial charge on any atom is -0.449 e. The first-order valence-electron chi connectivity index (χ1n) is 11.9. The van der Waals surface area contributed by atoms with Crippen LogP contribution in [-0.4, -0.2) is 50.3 Å². The maximum atomic E-state index is 13.4. The number of aliphatic hydroxyl groups is 2. The highest BCUT2D eigenvalue weighted by atomic mass is 16.5. The van der Waals surface area contributed by atoms with E-state index in [1.165, 1.54) is 4.90 Å². The summed E-state index contributed by atoms with van der Waals surface area (Å²) in [7, 11) is 0. The van der Waals surface area contributed by atoms with E-state index in [0.717, 1.165) is 5.56 Å². The summed E-state index contributed by atoms with van der Waals surface area (Å²) in [5.41, 5.74) is 1.18. The van der Waals surface area contributed by atoms with Gasteiger partial charge >= 0.3 is 6.09 Å². The molecule has 2 amide bonds. The molecule has 5 rings (SSSR count). The molecule has 1 aromatic heterocycles. The molecule has 1 unspecified atom stereocenters. The topological polar surface area (TPSA) is 128 Å². The quantitative estimate of drug-likeness (QED) is 0.304. The van der Waals surface area contributed by atoms with Gasteiger partial charge in [-0.1, -0.05) is 68.4 Å².